The summed E-state index contributed by atoms with van der Waals surface area (Å²) in [4.78, 5) is 25.8. The van der Waals surface area contributed by atoms with Crippen LogP contribution in [0.4, 0.5) is 0 Å². The minimum absolute atomic E-state index is 0.0751. The van der Waals surface area contributed by atoms with E-state index < -0.39 is 6.04 Å². The van der Waals surface area contributed by atoms with Crippen LogP contribution in [0.2, 0.25) is 0 Å². The summed E-state index contributed by atoms with van der Waals surface area (Å²) in [6.45, 7) is 4.85. The molecule has 0 saturated carbocycles. The number of allylic oxidation sites excluding steroid dienone is 1. The number of benzene rings is 2. The van der Waals surface area contributed by atoms with Gasteiger partial charge in [0.15, 0.2) is 0 Å². The molecule has 2 aromatic rings. The highest BCUT2D eigenvalue weighted by atomic mass is 16.5. The molecule has 0 aromatic heterocycles. The Kier molecular flexibility index (Phi) is 6.90. The van der Waals surface area contributed by atoms with Gasteiger partial charge in [0.05, 0.1) is 25.1 Å². The fourth-order valence-electron chi connectivity index (χ4n) is 4.57. The van der Waals surface area contributed by atoms with E-state index in [0.717, 1.165) is 35.2 Å². The smallest absolute Gasteiger partial charge is 0.309 e. The number of hydrogen-bond donors (Lipinski definition) is 2. The second-order valence-electron chi connectivity index (χ2n) is 8.44. The van der Waals surface area contributed by atoms with Crippen molar-refractivity contribution < 1.29 is 14.3 Å². The van der Waals surface area contributed by atoms with Gasteiger partial charge in [-0.15, -0.1) is 0 Å². The molecule has 168 valence electrons. The lowest BCUT2D eigenvalue weighted by Crippen LogP contribution is -2.47. The number of esters is 1. The molecule has 1 heterocycles. The van der Waals surface area contributed by atoms with E-state index in [2.05, 4.69) is 27.9 Å². The normalized spacial score (nSPS) is 21.1. The van der Waals surface area contributed by atoms with Gasteiger partial charge in [-0.1, -0.05) is 60.7 Å². The second kappa shape index (κ2) is 10.0. The van der Waals surface area contributed by atoms with Crippen LogP contribution in [0.1, 0.15) is 50.3 Å². The maximum Gasteiger partial charge on any atom is 0.309 e. The van der Waals surface area contributed by atoms with Crippen molar-refractivity contribution in [3.8, 4) is 0 Å². The fraction of sp³-hybridized carbons (Fsp3) is 0.385. The summed E-state index contributed by atoms with van der Waals surface area (Å²) < 4.78 is 5.27. The van der Waals surface area contributed by atoms with Crippen LogP contribution >= 0.6 is 0 Å². The largest absolute Gasteiger partial charge is 0.466 e. The highest BCUT2D eigenvalue weighted by molar-refractivity contribution is 5.86. The second-order valence-corrected chi connectivity index (χ2v) is 8.44. The van der Waals surface area contributed by atoms with Gasteiger partial charge in [-0.05, 0) is 49.8 Å². The number of nitrogens with one attached hydrogen (secondary N) is 2. The topological polar surface area (TPSA) is 70.7 Å². The minimum Gasteiger partial charge on any atom is -0.466 e. The van der Waals surface area contributed by atoms with E-state index in [1.807, 2.05) is 62.4 Å². The number of hydrazine groups is 1. The lowest BCUT2D eigenvalue weighted by Gasteiger charge is -2.27. The van der Waals surface area contributed by atoms with Crippen LogP contribution in [0.3, 0.4) is 0 Å². The molecule has 2 aliphatic rings. The number of carbonyl (C=O) groups is 2. The molecule has 0 saturated heterocycles. The van der Waals surface area contributed by atoms with E-state index in [0.29, 0.717) is 19.6 Å². The number of ether oxygens (including phenoxy) is 1. The standard InChI is InChI=1S/C26H31N3O3/c1-3-32-26(31)21-14-15-23-22(16-21)24(28-29(23)17-19-10-6-4-7-11-19)25(30)27-18(2)20-12-8-5-9-13-20/h4-13,18,21,24,28H,3,14-17H2,1-2H3,(H,27,30). The summed E-state index contributed by atoms with van der Waals surface area (Å²) in [5.41, 5.74) is 7.78. The highest BCUT2D eigenvalue weighted by Crippen LogP contribution is 2.38. The molecule has 2 N–H and O–H groups in total. The van der Waals surface area contributed by atoms with Crippen LogP contribution in [0, 0.1) is 5.92 Å². The Hall–Kier alpha value is -3.12. The molecule has 0 radical (unpaired) electrons. The number of nitrogens with zero attached hydrogens (tertiary/aromatic N) is 1. The molecular formula is C26H31N3O3. The number of hydrogen-bond acceptors (Lipinski definition) is 5. The summed E-state index contributed by atoms with van der Waals surface area (Å²) in [5, 5.41) is 5.23. The summed E-state index contributed by atoms with van der Waals surface area (Å²) >= 11 is 0. The molecule has 4 rings (SSSR count). The van der Waals surface area contributed by atoms with E-state index in [-0.39, 0.29) is 23.8 Å². The third kappa shape index (κ3) is 4.86. The Morgan fingerprint density at radius 2 is 1.81 bits per heavy atom. The fourth-order valence-corrected chi connectivity index (χ4v) is 4.57. The zero-order chi connectivity index (χ0) is 22.5. The molecule has 3 unspecified atom stereocenters. The molecule has 1 amide bonds. The van der Waals surface area contributed by atoms with Gasteiger partial charge in [-0.25, -0.2) is 5.43 Å². The van der Waals surface area contributed by atoms with Crippen LogP contribution in [-0.2, 0) is 20.9 Å². The van der Waals surface area contributed by atoms with Gasteiger partial charge in [0.25, 0.3) is 0 Å². The molecule has 32 heavy (non-hydrogen) atoms. The molecule has 6 nitrogen and oxygen atoms in total. The average molecular weight is 434 g/mol. The lowest BCUT2D eigenvalue weighted by atomic mass is 9.84. The zero-order valence-corrected chi connectivity index (χ0v) is 18.7. The van der Waals surface area contributed by atoms with Crippen LogP contribution in [0.25, 0.3) is 0 Å². The Bertz CT molecular complexity index is 974. The van der Waals surface area contributed by atoms with Crippen molar-refractivity contribution in [1.29, 1.82) is 0 Å². The summed E-state index contributed by atoms with van der Waals surface area (Å²) in [6, 6.07) is 19.5. The molecule has 0 fully saturated rings. The van der Waals surface area contributed by atoms with Gasteiger partial charge in [0.1, 0.15) is 6.04 Å². The van der Waals surface area contributed by atoms with E-state index in [1.54, 1.807) is 0 Å². The molecule has 2 aromatic carbocycles. The number of amides is 1. The molecule has 1 aliphatic carbocycles. The van der Waals surface area contributed by atoms with Gasteiger partial charge in [0, 0.05) is 5.70 Å². The van der Waals surface area contributed by atoms with E-state index in [9.17, 15) is 9.59 Å². The average Bonchev–Trinajstić information content (AvgIpc) is 3.18. The Morgan fingerprint density at radius 1 is 1.12 bits per heavy atom. The van der Waals surface area contributed by atoms with Crippen LogP contribution in [0.5, 0.6) is 0 Å². The molecule has 0 bridgehead atoms. The summed E-state index contributed by atoms with van der Waals surface area (Å²) in [5.74, 6) is -0.444. The van der Waals surface area contributed by atoms with Crippen molar-refractivity contribution in [1.82, 2.24) is 15.8 Å². The van der Waals surface area contributed by atoms with Gasteiger partial charge < -0.3 is 15.1 Å². The van der Waals surface area contributed by atoms with Gasteiger partial charge in [0.2, 0.25) is 5.91 Å². The molecule has 1 aliphatic heterocycles. The van der Waals surface area contributed by atoms with E-state index in [1.165, 1.54) is 0 Å². The van der Waals surface area contributed by atoms with Gasteiger partial charge in [-0.3, -0.25) is 9.59 Å². The van der Waals surface area contributed by atoms with Crippen LogP contribution in [0.15, 0.2) is 71.9 Å². The molecule has 3 atom stereocenters. The maximum atomic E-state index is 13.3. The van der Waals surface area contributed by atoms with Crippen molar-refractivity contribution in [3.05, 3.63) is 83.1 Å². The monoisotopic (exact) mass is 433 g/mol. The first kappa shape index (κ1) is 22.1. The first-order chi connectivity index (χ1) is 15.6. The number of carbonyl (C=O) groups excluding carboxylic acids is 2. The third-order valence-electron chi connectivity index (χ3n) is 6.25. The third-order valence-corrected chi connectivity index (χ3v) is 6.25. The van der Waals surface area contributed by atoms with E-state index in [4.69, 9.17) is 4.74 Å². The quantitative estimate of drug-likeness (QED) is 0.649. The predicted molar refractivity (Wildman–Crippen MR) is 123 cm³/mol. The van der Waals surface area contributed by atoms with Gasteiger partial charge >= 0.3 is 5.97 Å². The molecular weight excluding hydrogens is 402 g/mol. The first-order valence-corrected chi connectivity index (χ1v) is 11.4. The molecule has 0 spiro atoms. The van der Waals surface area contributed by atoms with Crippen molar-refractivity contribution in [2.24, 2.45) is 5.92 Å². The van der Waals surface area contributed by atoms with Crippen molar-refractivity contribution in [2.75, 3.05) is 6.61 Å². The van der Waals surface area contributed by atoms with Crippen molar-refractivity contribution >= 4 is 11.9 Å². The van der Waals surface area contributed by atoms with E-state index >= 15 is 0 Å². The zero-order valence-electron chi connectivity index (χ0n) is 18.7. The number of rotatable bonds is 7. The van der Waals surface area contributed by atoms with Crippen LogP contribution < -0.4 is 10.7 Å². The summed E-state index contributed by atoms with van der Waals surface area (Å²) in [6.07, 6.45) is 2.03. The highest BCUT2D eigenvalue weighted by Gasteiger charge is 2.41. The Balaban J connectivity index is 1.54. The molecule has 6 heteroatoms. The predicted octanol–water partition coefficient (Wildman–Crippen LogP) is 3.87. The summed E-state index contributed by atoms with van der Waals surface area (Å²) in [7, 11) is 0. The van der Waals surface area contributed by atoms with Gasteiger partial charge in [-0.2, -0.15) is 0 Å². The lowest BCUT2D eigenvalue weighted by molar-refractivity contribution is -0.148. The van der Waals surface area contributed by atoms with Crippen molar-refractivity contribution in [3.63, 3.8) is 0 Å². The SMILES string of the molecule is CCOC(=O)C1CCC2=C(C1)C(C(=O)NC(C)c1ccccc1)NN2Cc1ccccc1. The Labute approximate surface area is 189 Å². The minimum atomic E-state index is -0.489. The maximum absolute atomic E-state index is 13.3. The van der Waals surface area contributed by atoms with Crippen LogP contribution in [-0.4, -0.2) is 29.5 Å². The van der Waals surface area contributed by atoms with Crippen molar-refractivity contribution in [2.45, 2.75) is 51.7 Å². The Morgan fingerprint density at radius 3 is 2.50 bits per heavy atom. The first-order valence-electron chi connectivity index (χ1n) is 11.4.